The maximum atomic E-state index is 13.1. The van der Waals surface area contributed by atoms with Gasteiger partial charge in [-0.3, -0.25) is 9.59 Å². The molecule has 5 heteroatoms. The number of hydrogen-bond donors (Lipinski definition) is 1. The maximum absolute atomic E-state index is 13.1. The Morgan fingerprint density at radius 1 is 1.21 bits per heavy atom. The number of benzene rings is 1. The van der Waals surface area contributed by atoms with Crippen LogP contribution in [0.25, 0.3) is 0 Å². The summed E-state index contributed by atoms with van der Waals surface area (Å²) in [6.07, 6.45) is 1.42. The Morgan fingerprint density at radius 2 is 1.88 bits per heavy atom. The van der Waals surface area contributed by atoms with Crippen LogP contribution in [-0.4, -0.2) is 53.8 Å². The number of carbonyl (C=O) groups is 2. The van der Waals surface area contributed by atoms with Crippen molar-refractivity contribution in [3.8, 4) is 0 Å². The lowest BCUT2D eigenvalue weighted by molar-refractivity contribution is -0.149. The van der Waals surface area contributed by atoms with E-state index in [2.05, 4.69) is 17.4 Å². The number of rotatable bonds is 3. The summed E-state index contributed by atoms with van der Waals surface area (Å²) in [5.74, 6) is 0.150. The van der Waals surface area contributed by atoms with Gasteiger partial charge < -0.3 is 15.1 Å². The highest BCUT2D eigenvalue weighted by Crippen LogP contribution is 2.26. The quantitative estimate of drug-likeness (QED) is 0.912. The van der Waals surface area contributed by atoms with Crippen LogP contribution in [0.4, 0.5) is 0 Å². The molecular weight excluding hydrogens is 302 g/mol. The molecule has 1 aromatic rings. The first-order chi connectivity index (χ1) is 11.6. The minimum atomic E-state index is -0.362. The molecule has 0 bridgehead atoms. The van der Waals surface area contributed by atoms with Crippen LogP contribution in [0, 0.1) is 5.92 Å². The number of amides is 2. The third-order valence-corrected chi connectivity index (χ3v) is 5.28. The van der Waals surface area contributed by atoms with Crippen LogP contribution in [-0.2, 0) is 22.6 Å². The fourth-order valence-corrected chi connectivity index (χ4v) is 3.53. The van der Waals surface area contributed by atoms with Gasteiger partial charge in [0.05, 0.1) is 0 Å². The minimum Gasteiger partial charge on any atom is -0.338 e. The molecule has 3 rings (SSSR count). The SMILES string of the molecule is CCC(C)C(=O)N1Cc2ccccc2CC1C(=O)N1CCNCC1. The lowest BCUT2D eigenvalue weighted by atomic mass is 9.91. The van der Waals surface area contributed by atoms with Crippen LogP contribution < -0.4 is 5.32 Å². The van der Waals surface area contributed by atoms with Gasteiger partial charge in [-0.15, -0.1) is 0 Å². The molecule has 24 heavy (non-hydrogen) atoms. The predicted octanol–water partition coefficient (Wildman–Crippen LogP) is 1.42. The topological polar surface area (TPSA) is 52.7 Å². The molecule has 1 N–H and O–H groups in total. The van der Waals surface area contributed by atoms with Crippen molar-refractivity contribution in [1.29, 1.82) is 0 Å². The second-order valence-electron chi connectivity index (χ2n) is 6.84. The summed E-state index contributed by atoms with van der Waals surface area (Å²) < 4.78 is 0. The molecule has 0 saturated carbocycles. The Bertz CT molecular complexity index is 610. The molecule has 2 unspecified atom stereocenters. The van der Waals surface area contributed by atoms with Gasteiger partial charge in [-0.1, -0.05) is 38.1 Å². The molecule has 1 fully saturated rings. The van der Waals surface area contributed by atoms with Gasteiger partial charge in [0, 0.05) is 45.1 Å². The third-order valence-electron chi connectivity index (χ3n) is 5.28. The Labute approximate surface area is 144 Å². The van der Waals surface area contributed by atoms with Crippen molar-refractivity contribution in [3.63, 3.8) is 0 Å². The average Bonchev–Trinajstić information content (AvgIpc) is 2.65. The van der Waals surface area contributed by atoms with E-state index >= 15 is 0 Å². The molecule has 2 atom stereocenters. The fourth-order valence-electron chi connectivity index (χ4n) is 3.53. The van der Waals surface area contributed by atoms with Gasteiger partial charge in [0.1, 0.15) is 6.04 Å². The van der Waals surface area contributed by atoms with Crippen LogP contribution in [0.2, 0.25) is 0 Å². The number of nitrogens with zero attached hydrogens (tertiary/aromatic N) is 2. The van der Waals surface area contributed by atoms with E-state index < -0.39 is 0 Å². The van der Waals surface area contributed by atoms with E-state index in [1.807, 2.05) is 35.8 Å². The molecular formula is C19H27N3O2. The molecule has 0 radical (unpaired) electrons. The van der Waals surface area contributed by atoms with Crippen LogP contribution in [0.5, 0.6) is 0 Å². The normalized spacial score (nSPS) is 22.0. The molecule has 2 aliphatic rings. The van der Waals surface area contributed by atoms with E-state index in [1.165, 1.54) is 11.1 Å². The molecule has 5 nitrogen and oxygen atoms in total. The third kappa shape index (κ3) is 3.31. The summed E-state index contributed by atoms with van der Waals surface area (Å²) in [7, 11) is 0. The number of piperazine rings is 1. The summed E-state index contributed by atoms with van der Waals surface area (Å²) >= 11 is 0. The van der Waals surface area contributed by atoms with Gasteiger partial charge in [-0.25, -0.2) is 0 Å². The van der Waals surface area contributed by atoms with E-state index in [9.17, 15) is 9.59 Å². The molecule has 1 aromatic carbocycles. The Hall–Kier alpha value is -1.88. The van der Waals surface area contributed by atoms with Gasteiger partial charge in [-0.2, -0.15) is 0 Å². The minimum absolute atomic E-state index is 0.0476. The molecule has 2 amide bonds. The lowest BCUT2D eigenvalue weighted by Gasteiger charge is -2.40. The molecule has 1 saturated heterocycles. The van der Waals surface area contributed by atoms with Crippen molar-refractivity contribution in [2.45, 2.75) is 39.3 Å². The van der Waals surface area contributed by atoms with E-state index in [1.54, 1.807) is 0 Å². The average molecular weight is 329 g/mol. The van der Waals surface area contributed by atoms with Crippen molar-refractivity contribution < 1.29 is 9.59 Å². The Balaban J connectivity index is 1.87. The molecule has 0 spiro atoms. The van der Waals surface area contributed by atoms with Crippen LogP contribution in [0.15, 0.2) is 24.3 Å². The van der Waals surface area contributed by atoms with Gasteiger partial charge in [0.2, 0.25) is 11.8 Å². The summed E-state index contributed by atoms with van der Waals surface area (Å²) in [6, 6.07) is 7.80. The van der Waals surface area contributed by atoms with Crippen molar-refractivity contribution >= 4 is 11.8 Å². The number of nitrogens with one attached hydrogen (secondary N) is 1. The summed E-state index contributed by atoms with van der Waals surface area (Å²) in [5, 5.41) is 3.28. The smallest absolute Gasteiger partial charge is 0.245 e. The summed E-state index contributed by atoms with van der Waals surface area (Å²) in [5.41, 5.74) is 2.36. The number of hydrogen-bond acceptors (Lipinski definition) is 3. The molecule has 0 aromatic heterocycles. The predicted molar refractivity (Wildman–Crippen MR) is 93.4 cm³/mol. The van der Waals surface area contributed by atoms with E-state index in [4.69, 9.17) is 0 Å². The molecule has 2 heterocycles. The summed E-state index contributed by atoms with van der Waals surface area (Å²) in [6.45, 7) is 7.62. The van der Waals surface area contributed by atoms with Crippen molar-refractivity contribution in [2.75, 3.05) is 26.2 Å². The molecule has 2 aliphatic heterocycles. The molecule has 130 valence electrons. The zero-order valence-corrected chi connectivity index (χ0v) is 14.6. The highest BCUT2D eigenvalue weighted by Gasteiger charge is 2.38. The highest BCUT2D eigenvalue weighted by atomic mass is 16.2. The second-order valence-corrected chi connectivity index (χ2v) is 6.84. The Morgan fingerprint density at radius 3 is 2.54 bits per heavy atom. The van der Waals surface area contributed by atoms with Gasteiger partial charge >= 0.3 is 0 Å². The van der Waals surface area contributed by atoms with Gasteiger partial charge in [0.25, 0.3) is 0 Å². The fraction of sp³-hybridized carbons (Fsp3) is 0.579. The van der Waals surface area contributed by atoms with Crippen LogP contribution in [0.1, 0.15) is 31.4 Å². The van der Waals surface area contributed by atoms with Crippen molar-refractivity contribution in [1.82, 2.24) is 15.1 Å². The standard InChI is InChI=1S/C19H27N3O2/c1-3-14(2)18(23)22-13-16-7-5-4-6-15(16)12-17(22)19(24)21-10-8-20-9-11-21/h4-7,14,17,20H,3,8-13H2,1-2H3. The first kappa shape index (κ1) is 17.0. The van der Waals surface area contributed by atoms with E-state index in [0.717, 1.165) is 32.6 Å². The number of carbonyl (C=O) groups excluding carboxylic acids is 2. The monoisotopic (exact) mass is 329 g/mol. The van der Waals surface area contributed by atoms with Gasteiger partial charge in [0.15, 0.2) is 0 Å². The summed E-state index contributed by atoms with van der Waals surface area (Å²) in [4.78, 5) is 29.7. The first-order valence-electron chi connectivity index (χ1n) is 8.98. The largest absolute Gasteiger partial charge is 0.338 e. The maximum Gasteiger partial charge on any atom is 0.245 e. The highest BCUT2D eigenvalue weighted by molar-refractivity contribution is 5.89. The van der Waals surface area contributed by atoms with Crippen molar-refractivity contribution in [2.24, 2.45) is 5.92 Å². The Kier molecular flexibility index (Phi) is 5.19. The van der Waals surface area contributed by atoms with E-state index in [0.29, 0.717) is 13.0 Å². The first-order valence-corrected chi connectivity index (χ1v) is 8.98. The second kappa shape index (κ2) is 7.34. The van der Waals surface area contributed by atoms with Crippen LogP contribution >= 0.6 is 0 Å². The zero-order chi connectivity index (χ0) is 17.1. The van der Waals surface area contributed by atoms with Crippen molar-refractivity contribution in [3.05, 3.63) is 35.4 Å². The zero-order valence-electron chi connectivity index (χ0n) is 14.6. The molecule has 0 aliphatic carbocycles. The van der Waals surface area contributed by atoms with E-state index in [-0.39, 0.29) is 23.8 Å². The number of fused-ring (bicyclic) bond motifs is 1. The van der Waals surface area contributed by atoms with Crippen LogP contribution in [0.3, 0.4) is 0 Å². The van der Waals surface area contributed by atoms with Gasteiger partial charge in [-0.05, 0) is 17.5 Å². The lowest BCUT2D eigenvalue weighted by Crippen LogP contribution is -2.57.